The number of carbonyl (C=O) groups is 1. The molecule has 0 aromatic carbocycles. The molecule has 17 heavy (non-hydrogen) atoms. The number of aliphatic hydroxyl groups is 3. The molecule has 0 radical (unpaired) electrons. The van der Waals surface area contributed by atoms with E-state index in [0.717, 1.165) is 0 Å². The van der Waals surface area contributed by atoms with E-state index in [1.807, 2.05) is 0 Å². The Kier molecular flexibility index (Phi) is 6.03. The summed E-state index contributed by atoms with van der Waals surface area (Å²) in [4.78, 5) is 10.8. The first-order valence-electron chi connectivity index (χ1n) is 5.15. The lowest BCUT2D eigenvalue weighted by molar-refractivity contribution is -0.249. The molecule has 0 aromatic heterocycles. The highest BCUT2D eigenvalue weighted by Crippen LogP contribution is 2.27. The van der Waals surface area contributed by atoms with Crippen LogP contribution in [0.1, 0.15) is 6.92 Å². The van der Waals surface area contributed by atoms with Crippen molar-refractivity contribution in [1.82, 2.24) is 5.32 Å². The summed E-state index contributed by atoms with van der Waals surface area (Å²) in [5.41, 5.74) is 0. The van der Waals surface area contributed by atoms with Crippen molar-refractivity contribution >= 4 is 28.9 Å². The van der Waals surface area contributed by atoms with Crippen LogP contribution in [-0.4, -0.2) is 59.0 Å². The smallest absolute Gasteiger partial charge is 0.216 e. The van der Waals surface area contributed by atoms with E-state index in [0.29, 0.717) is 0 Å². The minimum atomic E-state index is -1.21. The van der Waals surface area contributed by atoms with Crippen molar-refractivity contribution in [2.45, 2.75) is 31.5 Å². The van der Waals surface area contributed by atoms with E-state index in [1.165, 1.54) is 6.92 Å². The summed E-state index contributed by atoms with van der Waals surface area (Å²) in [5.74, 6) is -0.836. The fourth-order valence-electron chi connectivity index (χ4n) is 1.70. The van der Waals surface area contributed by atoms with Crippen molar-refractivity contribution in [2.75, 3.05) is 13.2 Å². The van der Waals surface area contributed by atoms with Gasteiger partial charge in [-0.2, -0.15) is 0 Å². The zero-order valence-electron chi connectivity index (χ0n) is 9.25. The van der Waals surface area contributed by atoms with Gasteiger partial charge >= 0.3 is 0 Å². The van der Waals surface area contributed by atoms with E-state index in [2.05, 4.69) is 5.32 Å². The fourth-order valence-corrected chi connectivity index (χ4v) is 2.20. The third-order valence-electron chi connectivity index (χ3n) is 2.68. The Morgan fingerprint density at radius 1 is 1.47 bits per heavy atom. The quantitative estimate of drug-likeness (QED) is 0.456. The van der Waals surface area contributed by atoms with E-state index < -0.39 is 37.1 Å². The van der Waals surface area contributed by atoms with Crippen LogP contribution in [0.4, 0.5) is 0 Å². The topological polar surface area (TPSA) is 108 Å². The van der Waals surface area contributed by atoms with Crippen LogP contribution in [-0.2, 0) is 12.6 Å². The van der Waals surface area contributed by atoms with E-state index in [4.69, 9.17) is 12.9 Å². The highest BCUT2D eigenvalue weighted by molar-refractivity contribution is 14.1. The van der Waals surface area contributed by atoms with Gasteiger partial charge in [0.2, 0.25) is 5.91 Å². The van der Waals surface area contributed by atoms with Crippen LogP contribution in [0.5, 0.6) is 0 Å². The number of nitrogens with one attached hydrogen (secondary N) is 1. The average molecular weight is 361 g/mol. The molecule has 0 spiro atoms. The van der Waals surface area contributed by atoms with Gasteiger partial charge in [0.1, 0.15) is 35.2 Å². The molecule has 1 amide bonds. The summed E-state index contributed by atoms with van der Waals surface area (Å²) in [6.45, 7) is 1.06. The Balaban J connectivity index is 2.68. The van der Waals surface area contributed by atoms with E-state index in [1.54, 1.807) is 23.0 Å². The number of carbonyl (C=O) groups excluding carboxylic acids is 1. The Morgan fingerprint density at radius 3 is 2.59 bits per heavy atom. The lowest BCUT2D eigenvalue weighted by Gasteiger charge is -2.41. The minimum absolute atomic E-state index is 0.124. The van der Waals surface area contributed by atoms with E-state index in [-0.39, 0.29) is 12.5 Å². The molecule has 1 unspecified atom stereocenters. The van der Waals surface area contributed by atoms with E-state index in [9.17, 15) is 15.0 Å². The number of aliphatic hydroxyl groups excluding tert-OH is 3. The maximum atomic E-state index is 10.8. The average Bonchev–Trinajstić information content (AvgIpc) is 2.30. The monoisotopic (exact) mass is 361 g/mol. The van der Waals surface area contributed by atoms with Gasteiger partial charge in [0, 0.05) is 13.5 Å². The zero-order chi connectivity index (χ0) is 13.0. The summed E-state index contributed by atoms with van der Waals surface area (Å²) in [7, 11) is 0. The molecule has 100 valence electrons. The summed E-state index contributed by atoms with van der Waals surface area (Å²) in [5, 5.41) is 31.1. The van der Waals surface area contributed by atoms with Crippen LogP contribution in [0, 0.1) is 5.92 Å². The number of hydrogen-bond donors (Lipinski definition) is 4. The molecule has 7 nitrogen and oxygen atoms in total. The Bertz CT molecular complexity index is 264. The Labute approximate surface area is 113 Å². The van der Waals surface area contributed by atoms with Crippen molar-refractivity contribution in [3.05, 3.63) is 0 Å². The second-order valence-corrected chi connectivity index (χ2v) is 4.41. The standard InChI is InChI=1S/C9H16INO6/c1-4(13)11-2-5-7(14)8(15)6(3-12)16-9(5)17-10/h5-9,12,14-15H,2-3H2,1H3,(H,11,13)/t5?,6-,7-,8+,9+/m1/s1. The van der Waals surface area contributed by atoms with Crippen molar-refractivity contribution in [3.63, 3.8) is 0 Å². The number of halogens is 1. The highest BCUT2D eigenvalue weighted by atomic mass is 127. The molecule has 1 aliphatic rings. The molecule has 1 heterocycles. The first kappa shape index (κ1) is 15.1. The molecule has 0 saturated carbocycles. The molecule has 5 atom stereocenters. The predicted molar refractivity (Wildman–Crippen MR) is 65.0 cm³/mol. The molecule has 1 aliphatic heterocycles. The van der Waals surface area contributed by atoms with Crippen molar-refractivity contribution in [3.8, 4) is 0 Å². The van der Waals surface area contributed by atoms with Gasteiger partial charge in [0.25, 0.3) is 0 Å². The van der Waals surface area contributed by atoms with E-state index >= 15 is 0 Å². The molecule has 1 fully saturated rings. The SMILES string of the molecule is CC(=O)NCC1[C@H](OI)O[C@H](CO)[C@H](O)[C@@H]1O. The number of hydrogen-bond acceptors (Lipinski definition) is 6. The molecule has 0 bridgehead atoms. The van der Waals surface area contributed by atoms with Crippen molar-refractivity contribution in [1.29, 1.82) is 0 Å². The van der Waals surface area contributed by atoms with Gasteiger partial charge in [-0.3, -0.25) is 7.86 Å². The largest absolute Gasteiger partial charge is 0.394 e. The van der Waals surface area contributed by atoms with Crippen molar-refractivity contribution in [2.24, 2.45) is 5.92 Å². The summed E-state index contributed by atoms with van der Waals surface area (Å²) in [6.07, 6.45) is -4.02. The molecule has 4 N–H and O–H groups in total. The van der Waals surface area contributed by atoms with Crippen LogP contribution < -0.4 is 5.32 Å². The third kappa shape index (κ3) is 3.73. The first-order chi connectivity index (χ1) is 8.01. The maximum Gasteiger partial charge on any atom is 0.216 e. The van der Waals surface area contributed by atoms with Gasteiger partial charge in [-0.05, 0) is 0 Å². The second kappa shape index (κ2) is 6.81. The number of ether oxygens (including phenoxy) is 1. The summed E-state index contributed by atoms with van der Waals surface area (Å²) < 4.78 is 10.3. The minimum Gasteiger partial charge on any atom is -0.394 e. The Hall–Kier alpha value is -0.0000000000000000971. The van der Waals surface area contributed by atoms with Gasteiger partial charge in [-0.25, -0.2) is 0 Å². The molecule has 1 saturated heterocycles. The van der Waals surface area contributed by atoms with Crippen LogP contribution in [0.2, 0.25) is 0 Å². The van der Waals surface area contributed by atoms with Gasteiger partial charge in [0.05, 0.1) is 18.6 Å². The molecular formula is C9H16INO6. The summed E-state index contributed by atoms with van der Waals surface area (Å²) in [6, 6.07) is 0. The molecule has 8 heteroatoms. The molecule has 0 aliphatic carbocycles. The summed E-state index contributed by atoms with van der Waals surface area (Å²) >= 11 is 1.61. The first-order valence-corrected chi connectivity index (χ1v) is 6.03. The fraction of sp³-hybridized carbons (Fsp3) is 0.889. The zero-order valence-corrected chi connectivity index (χ0v) is 11.4. The van der Waals surface area contributed by atoms with Crippen LogP contribution in [0.15, 0.2) is 0 Å². The van der Waals surface area contributed by atoms with Gasteiger partial charge < -0.3 is 25.4 Å². The second-order valence-electron chi connectivity index (χ2n) is 3.90. The molecule has 0 aromatic rings. The van der Waals surface area contributed by atoms with Crippen LogP contribution >= 0.6 is 23.0 Å². The van der Waals surface area contributed by atoms with Gasteiger partial charge in [-0.1, -0.05) is 0 Å². The molecule has 1 rings (SSSR count). The third-order valence-corrected chi connectivity index (χ3v) is 3.18. The molecular weight excluding hydrogens is 345 g/mol. The predicted octanol–water partition coefficient (Wildman–Crippen LogP) is -1.46. The Morgan fingerprint density at radius 2 is 2.12 bits per heavy atom. The lowest BCUT2D eigenvalue weighted by Crippen LogP contribution is -2.58. The maximum absolute atomic E-state index is 10.8. The lowest BCUT2D eigenvalue weighted by atomic mass is 9.91. The van der Waals surface area contributed by atoms with Gasteiger partial charge in [-0.15, -0.1) is 0 Å². The van der Waals surface area contributed by atoms with Gasteiger partial charge in [0.15, 0.2) is 6.29 Å². The number of amides is 1. The highest BCUT2D eigenvalue weighted by Gasteiger charge is 2.44. The normalized spacial score (nSPS) is 37.8. The number of rotatable bonds is 4. The van der Waals surface area contributed by atoms with Crippen molar-refractivity contribution < 1.29 is 27.9 Å². The van der Waals surface area contributed by atoms with Crippen LogP contribution in [0.25, 0.3) is 0 Å². The van der Waals surface area contributed by atoms with Crippen LogP contribution in [0.3, 0.4) is 0 Å².